The van der Waals surface area contributed by atoms with Crippen molar-refractivity contribution in [3.05, 3.63) is 65.2 Å². The summed E-state index contributed by atoms with van der Waals surface area (Å²) >= 11 is 0. The van der Waals surface area contributed by atoms with E-state index in [-0.39, 0.29) is 10.5 Å². The first kappa shape index (κ1) is 19.7. The van der Waals surface area contributed by atoms with Gasteiger partial charge in [0.05, 0.1) is 16.0 Å². The molecule has 2 aromatic carbocycles. The maximum absolute atomic E-state index is 13.9. The van der Waals surface area contributed by atoms with Crippen LogP contribution in [0.25, 0.3) is 0 Å². The number of halogens is 2. The second-order valence-corrected chi connectivity index (χ2v) is 7.56. The number of ether oxygens (including phenoxy) is 1. The highest BCUT2D eigenvalue weighted by Gasteiger charge is 2.23. The van der Waals surface area contributed by atoms with E-state index in [0.717, 1.165) is 28.6 Å². The predicted molar refractivity (Wildman–Crippen MR) is 88.3 cm³/mol. The van der Waals surface area contributed by atoms with E-state index in [1.165, 1.54) is 32.3 Å². The molecule has 0 N–H and O–H groups in total. The molecule has 0 saturated heterocycles. The summed E-state index contributed by atoms with van der Waals surface area (Å²) in [5.41, 5.74) is -0.918. The lowest BCUT2D eigenvalue weighted by Gasteiger charge is -2.12. The normalized spacial score (nSPS) is 11.4. The molecule has 26 heavy (non-hydrogen) atoms. The largest absolute Gasteiger partial charge is 0.454 e. The van der Waals surface area contributed by atoms with Crippen LogP contribution in [-0.2, 0) is 14.8 Å². The SMILES string of the molecule is CN(C)S(=O)(=O)c1ccc(F)c(C(=O)OCC(=O)c2ccccc2F)c1. The van der Waals surface area contributed by atoms with E-state index in [2.05, 4.69) is 0 Å². The third-order valence-corrected chi connectivity index (χ3v) is 5.26. The minimum atomic E-state index is -3.89. The van der Waals surface area contributed by atoms with Gasteiger partial charge in [-0.25, -0.2) is 26.3 Å². The summed E-state index contributed by atoms with van der Waals surface area (Å²) in [4.78, 5) is 23.6. The number of carbonyl (C=O) groups is 2. The first-order valence-corrected chi connectivity index (χ1v) is 8.75. The summed E-state index contributed by atoms with van der Waals surface area (Å²) in [5, 5.41) is 0. The minimum absolute atomic E-state index is 0.273. The maximum Gasteiger partial charge on any atom is 0.341 e. The Kier molecular flexibility index (Phi) is 5.83. The van der Waals surface area contributed by atoms with Crippen LogP contribution in [0.3, 0.4) is 0 Å². The molecule has 0 bridgehead atoms. The molecule has 138 valence electrons. The maximum atomic E-state index is 13.9. The number of ketones is 1. The lowest BCUT2D eigenvalue weighted by atomic mass is 10.1. The standard InChI is InChI=1S/C17H15F2NO5S/c1-20(2)26(23,24)11-7-8-15(19)13(9-11)17(22)25-10-16(21)12-5-3-4-6-14(12)18/h3-9H,10H2,1-2H3. The molecule has 2 aromatic rings. The van der Waals surface area contributed by atoms with Crippen LogP contribution in [0, 0.1) is 11.6 Å². The Morgan fingerprint density at radius 1 is 1.00 bits per heavy atom. The summed E-state index contributed by atoms with van der Waals surface area (Å²) in [6, 6.07) is 7.76. The van der Waals surface area contributed by atoms with Gasteiger partial charge in [0.2, 0.25) is 15.8 Å². The van der Waals surface area contributed by atoms with Gasteiger partial charge in [0.15, 0.2) is 6.61 Å². The number of Topliss-reactive ketones (excluding diaryl/α,β-unsaturated/α-hetero) is 1. The summed E-state index contributed by atoms with van der Waals surface area (Å²) in [5.74, 6) is -3.83. The Labute approximate surface area is 149 Å². The van der Waals surface area contributed by atoms with E-state index in [1.54, 1.807) is 0 Å². The number of sulfonamides is 1. The van der Waals surface area contributed by atoms with Crippen molar-refractivity contribution < 1.29 is 31.5 Å². The first-order chi connectivity index (χ1) is 12.1. The Bertz CT molecular complexity index is 957. The molecule has 0 unspecified atom stereocenters. The number of carbonyl (C=O) groups excluding carboxylic acids is 2. The zero-order chi connectivity index (χ0) is 19.5. The van der Waals surface area contributed by atoms with Gasteiger partial charge in [-0.2, -0.15) is 0 Å². The minimum Gasteiger partial charge on any atom is -0.454 e. The average Bonchev–Trinajstić information content (AvgIpc) is 2.59. The van der Waals surface area contributed by atoms with Gasteiger partial charge < -0.3 is 4.74 Å². The highest BCUT2D eigenvalue weighted by molar-refractivity contribution is 7.89. The number of hydrogen-bond donors (Lipinski definition) is 0. The lowest BCUT2D eigenvalue weighted by molar-refractivity contribution is 0.0468. The first-order valence-electron chi connectivity index (χ1n) is 7.31. The topological polar surface area (TPSA) is 80.8 Å². The molecule has 0 spiro atoms. The molecule has 0 aliphatic heterocycles. The van der Waals surface area contributed by atoms with Crippen LogP contribution in [0.2, 0.25) is 0 Å². The Morgan fingerprint density at radius 3 is 2.23 bits per heavy atom. The number of benzene rings is 2. The van der Waals surface area contributed by atoms with Crippen molar-refractivity contribution in [3.63, 3.8) is 0 Å². The van der Waals surface area contributed by atoms with Crippen molar-refractivity contribution >= 4 is 21.8 Å². The van der Waals surface area contributed by atoms with Gasteiger partial charge in [0.25, 0.3) is 0 Å². The molecule has 0 atom stereocenters. The third-order valence-electron chi connectivity index (χ3n) is 3.44. The van der Waals surface area contributed by atoms with Crippen molar-refractivity contribution in [2.24, 2.45) is 0 Å². The highest BCUT2D eigenvalue weighted by Crippen LogP contribution is 2.18. The van der Waals surface area contributed by atoms with Crippen LogP contribution in [0.4, 0.5) is 8.78 Å². The van der Waals surface area contributed by atoms with Crippen molar-refractivity contribution in [2.45, 2.75) is 4.90 Å². The van der Waals surface area contributed by atoms with Gasteiger partial charge in [-0.05, 0) is 30.3 Å². The van der Waals surface area contributed by atoms with Crippen molar-refractivity contribution in [3.8, 4) is 0 Å². The smallest absolute Gasteiger partial charge is 0.341 e. The molecule has 2 rings (SSSR count). The van der Waals surface area contributed by atoms with Crippen LogP contribution in [0.1, 0.15) is 20.7 Å². The van der Waals surface area contributed by atoms with E-state index in [9.17, 15) is 26.8 Å². The molecule has 0 amide bonds. The fourth-order valence-corrected chi connectivity index (χ4v) is 2.93. The second kappa shape index (κ2) is 7.71. The van der Waals surface area contributed by atoms with Gasteiger partial charge in [0, 0.05) is 14.1 Å². The molecule has 0 saturated carbocycles. The second-order valence-electron chi connectivity index (χ2n) is 5.41. The van der Waals surface area contributed by atoms with Crippen molar-refractivity contribution in [1.29, 1.82) is 0 Å². The van der Waals surface area contributed by atoms with Gasteiger partial charge in [-0.15, -0.1) is 0 Å². The molecular formula is C17H15F2NO5S. The summed E-state index contributed by atoms with van der Waals surface area (Å²) in [6.45, 7) is -0.816. The van der Waals surface area contributed by atoms with Crippen molar-refractivity contribution in [1.82, 2.24) is 4.31 Å². The van der Waals surface area contributed by atoms with Gasteiger partial charge in [-0.1, -0.05) is 12.1 Å². The van der Waals surface area contributed by atoms with Gasteiger partial charge >= 0.3 is 5.97 Å². The monoisotopic (exact) mass is 383 g/mol. The quantitative estimate of drug-likeness (QED) is 0.565. The van der Waals surface area contributed by atoms with Crippen LogP contribution in [-0.4, -0.2) is 45.2 Å². The summed E-state index contributed by atoms with van der Waals surface area (Å²) in [7, 11) is -1.32. The van der Waals surface area contributed by atoms with E-state index >= 15 is 0 Å². The predicted octanol–water partition coefficient (Wildman–Crippen LogP) is 2.25. The molecule has 0 radical (unpaired) electrons. The molecule has 0 aromatic heterocycles. The molecular weight excluding hydrogens is 368 g/mol. The third kappa shape index (κ3) is 4.12. The van der Waals surface area contributed by atoms with Gasteiger partial charge in [0.1, 0.15) is 11.6 Å². The zero-order valence-electron chi connectivity index (χ0n) is 13.9. The fourth-order valence-electron chi connectivity index (χ4n) is 2.01. The molecule has 0 aliphatic rings. The number of rotatable bonds is 6. The van der Waals surface area contributed by atoms with E-state index in [1.807, 2.05) is 0 Å². The molecule has 0 aliphatic carbocycles. The Hall–Kier alpha value is -2.65. The molecule has 0 fully saturated rings. The number of esters is 1. The lowest BCUT2D eigenvalue weighted by Crippen LogP contribution is -2.23. The van der Waals surface area contributed by atoms with E-state index in [4.69, 9.17) is 4.74 Å². The molecule has 9 heteroatoms. The zero-order valence-corrected chi connectivity index (χ0v) is 14.7. The fraction of sp³-hybridized carbons (Fsp3) is 0.176. The van der Waals surface area contributed by atoms with Crippen LogP contribution >= 0.6 is 0 Å². The number of hydrogen-bond acceptors (Lipinski definition) is 5. The van der Waals surface area contributed by atoms with Crippen molar-refractivity contribution in [2.75, 3.05) is 20.7 Å². The Morgan fingerprint density at radius 2 is 1.62 bits per heavy atom. The van der Waals surface area contributed by atoms with Crippen LogP contribution in [0.5, 0.6) is 0 Å². The average molecular weight is 383 g/mol. The summed E-state index contributed by atoms with van der Waals surface area (Å²) < 4.78 is 57.1. The Balaban J connectivity index is 2.20. The highest BCUT2D eigenvalue weighted by atomic mass is 32.2. The van der Waals surface area contributed by atoms with Crippen LogP contribution < -0.4 is 0 Å². The number of nitrogens with zero attached hydrogens (tertiary/aromatic N) is 1. The van der Waals surface area contributed by atoms with E-state index in [0.29, 0.717) is 0 Å². The van der Waals surface area contributed by atoms with E-state index < -0.39 is 45.6 Å². The molecule has 6 nitrogen and oxygen atoms in total. The van der Waals surface area contributed by atoms with Gasteiger partial charge in [-0.3, -0.25) is 4.79 Å². The molecule has 0 heterocycles. The van der Waals surface area contributed by atoms with Crippen LogP contribution in [0.15, 0.2) is 47.4 Å². The summed E-state index contributed by atoms with van der Waals surface area (Å²) in [6.07, 6.45) is 0.